The molecule has 2 rings (SSSR count). The zero-order valence-corrected chi connectivity index (χ0v) is 11.0. The number of benzene rings is 1. The summed E-state index contributed by atoms with van der Waals surface area (Å²) in [7, 11) is 1.26. The molecule has 5 nitrogen and oxygen atoms in total. The summed E-state index contributed by atoms with van der Waals surface area (Å²) in [6.45, 7) is 3.21. The van der Waals surface area contributed by atoms with Gasteiger partial charge in [-0.2, -0.15) is 0 Å². The molecule has 0 N–H and O–H groups in total. The number of carbonyl (C=O) groups excluding carboxylic acids is 2. The minimum atomic E-state index is -0.632. The third kappa shape index (κ3) is 2.59. The van der Waals surface area contributed by atoms with Crippen molar-refractivity contribution in [3.05, 3.63) is 29.5 Å². The number of furan rings is 1. The van der Waals surface area contributed by atoms with Crippen molar-refractivity contribution in [3.8, 4) is 5.75 Å². The molecule has 2 aromatic rings. The highest BCUT2D eigenvalue weighted by Gasteiger charge is 2.23. The molecule has 0 unspecified atom stereocenters. The first kappa shape index (κ1) is 13.1. The number of Topliss-reactive ketones (excluding diaryl/α,β-unsaturated/α-hetero) is 1. The number of esters is 1. The van der Waals surface area contributed by atoms with E-state index in [4.69, 9.17) is 9.15 Å². The summed E-state index contributed by atoms with van der Waals surface area (Å²) in [4.78, 5) is 22.7. The van der Waals surface area contributed by atoms with Gasteiger partial charge >= 0.3 is 5.97 Å². The molecule has 5 heteroatoms. The van der Waals surface area contributed by atoms with Crippen molar-refractivity contribution in [2.24, 2.45) is 0 Å². The predicted molar refractivity (Wildman–Crippen MR) is 68.5 cm³/mol. The van der Waals surface area contributed by atoms with Gasteiger partial charge < -0.3 is 13.9 Å². The molecule has 0 atom stereocenters. The molecule has 0 amide bonds. The Labute approximate surface area is 110 Å². The van der Waals surface area contributed by atoms with Crippen molar-refractivity contribution in [2.75, 3.05) is 13.7 Å². The highest BCUT2D eigenvalue weighted by Crippen LogP contribution is 2.34. The molecule has 0 radical (unpaired) electrons. The molecule has 1 heterocycles. The van der Waals surface area contributed by atoms with Gasteiger partial charge in [-0.25, -0.2) is 4.79 Å². The van der Waals surface area contributed by atoms with Crippen LogP contribution in [0.5, 0.6) is 5.75 Å². The average Bonchev–Trinajstić information content (AvgIpc) is 2.73. The molecule has 0 aliphatic rings. The third-order valence-electron chi connectivity index (χ3n) is 2.59. The van der Waals surface area contributed by atoms with Gasteiger partial charge in [0, 0.05) is 0 Å². The van der Waals surface area contributed by atoms with E-state index in [1.165, 1.54) is 14.0 Å². The number of rotatable bonds is 4. The summed E-state index contributed by atoms with van der Waals surface area (Å²) in [5.74, 6) is -0.546. The van der Waals surface area contributed by atoms with Gasteiger partial charge in [0.05, 0.1) is 12.5 Å². The summed E-state index contributed by atoms with van der Waals surface area (Å²) in [5, 5.41) is 0.654. The second-order valence-corrected chi connectivity index (χ2v) is 4.24. The second kappa shape index (κ2) is 5.14. The number of methoxy groups -OCH3 is 1. The summed E-state index contributed by atoms with van der Waals surface area (Å²) < 4.78 is 15.5. The van der Waals surface area contributed by atoms with Gasteiger partial charge in [-0.3, -0.25) is 4.79 Å². The van der Waals surface area contributed by atoms with E-state index >= 15 is 0 Å². The van der Waals surface area contributed by atoms with E-state index in [2.05, 4.69) is 4.74 Å². The number of carbonyl (C=O) groups is 2. The number of ketones is 1. The Bertz CT molecular complexity index is 639. The van der Waals surface area contributed by atoms with Crippen LogP contribution in [0.15, 0.2) is 22.6 Å². The quantitative estimate of drug-likeness (QED) is 0.792. The number of ether oxygens (including phenoxy) is 2. The molecule has 0 bridgehead atoms. The molecule has 0 saturated heterocycles. The van der Waals surface area contributed by atoms with E-state index in [0.717, 1.165) is 5.56 Å². The number of fused-ring (bicyclic) bond motifs is 1. The third-order valence-corrected chi connectivity index (χ3v) is 2.59. The lowest BCUT2D eigenvalue weighted by Crippen LogP contribution is -2.09. The van der Waals surface area contributed by atoms with Crippen molar-refractivity contribution >= 4 is 22.7 Å². The monoisotopic (exact) mass is 262 g/mol. The first-order valence-electron chi connectivity index (χ1n) is 5.76. The van der Waals surface area contributed by atoms with Crippen molar-refractivity contribution in [1.29, 1.82) is 0 Å². The van der Waals surface area contributed by atoms with Crippen LogP contribution in [0.1, 0.15) is 23.0 Å². The number of hydrogen-bond acceptors (Lipinski definition) is 5. The molecular weight excluding hydrogens is 248 g/mol. The zero-order chi connectivity index (χ0) is 14.0. The Kier molecular flexibility index (Phi) is 3.55. The lowest BCUT2D eigenvalue weighted by Gasteiger charge is -2.03. The summed E-state index contributed by atoms with van der Waals surface area (Å²) in [6.07, 6.45) is 0. The number of hydrogen-bond donors (Lipinski definition) is 0. The molecule has 1 aromatic carbocycles. The van der Waals surface area contributed by atoms with Crippen LogP contribution in [-0.2, 0) is 9.53 Å². The lowest BCUT2D eigenvalue weighted by molar-refractivity contribution is -0.118. The normalized spacial score (nSPS) is 10.5. The van der Waals surface area contributed by atoms with Gasteiger partial charge in [0.25, 0.3) is 5.76 Å². The Morgan fingerprint density at radius 3 is 2.68 bits per heavy atom. The maximum Gasteiger partial charge on any atom is 0.377 e. The minimum absolute atomic E-state index is 0.0237. The molecule has 0 saturated carbocycles. The van der Waals surface area contributed by atoms with Crippen LogP contribution >= 0.6 is 0 Å². The molecule has 0 fully saturated rings. The van der Waals surface area contributed by atoms with Crippen molar-refractivity contribution in [1.82, 2.24) is 0 Å². The predicted octanol–water partition coefficient (Wildman–Crippen LogP) is 2.50. The molecule has 0 spiro atoms. The van der Waals surface area contributed by atoms with Crippen LogP contribution in [0.2, 0.25) is 0 Å². The smallest absolute Gasteiger partial charge is 0.377 e. The van der Waals surface area contributed by atoms with E-state index in [0.29, 0.717) is 11.0 Å². The first-order chi connectivity index (χ1) is 9.02. The molecule has 100 valence electrons. The van der Waals surface area contributed by atoms with Crippen LogP contribution in [0.25, 0.3) is 11.0 Å². The zero-order valence-electron chi connectivity index (χ0n) is 11.0. The highest BCUT2D eigenvalue weighted by molar-refractivity contribution is 5.99. The fourth-order valence-corrected chi connectivity index (χ4v) is 1.73. The average molecular weight is 262 g/mol. The SMILES string of the molecule is COC(=O)c1oc2ccc(C)cc2c1OCC(C)=O. The van der Waals surface area contributed by atoms with Crippen LogP contribution in [0.3, 0.4) is 0 Å². The minimum Gasteiger partial charge on any atom is -0.481 e. The molecular formula is C14H14O5. The molecule has 1 aromatic heterocycles. The second-order valence-electron chi connectivity index (χ2n) is 4.24. The van der Waals surface area contributed by atoms with Crippen LogP contribution in [0, 0.1) is 6.92 Å². The molecule has 0 aliphatic heterocycles. The van der Waals surface area contributed by atoms with Gasteiger partial charge in [-0.15, -0.1) is 0 Å². The Morgan fingerprint density at radius 1 is 1.32 bits per heavy atom. The van der Waals surface area contributed by atoms with Gasteiger partial charge in [0.2, 0.25) is 0 Å². The van der Waals surface area contributed by atoms with Gasteiger partial charge in [-0.05, 0) is 26.0 Å². The largest absolute Gasteiger partial charge is 0.481 e. The standard InChI is InChI=1S/C14H14O5/c1-8-4-5-11-10(6-8)12(18-7-9(2)15)13(19-11)14(16)17-3/h4-6H,7H2,1-3H3. The summed E-state index contributed by atoms with van der Waals surface area (Å²) in [5.41, 5.74) is 1.52. The van der Waals surface area contributed by atoms with E-state index in [1.807, 2.05) is 19.1 Å². The topological polar surface area (TPSA) is 65.7 Å². The van der Waals surface area contributed by atoms with E-state index in [1.54, 1.807) is 6.07 Å². The van der Waals surface area contributed by atoms with Crippen molar-refractivity contribution in [2.45, 2.75) is 13.8 Å². The first-order valence-corrected chi connectivity index (χ1v) is 5.76. The van der Waals surface area contributed by atoms with Crippen molar-refractivity contribution in [3.63, 3.8) is 0 Å². The molecule has 19 heavy (non-hydrogen) atoms. The summed E-state index contributed by atoms with van der Waals surface area (Å²) in [6, 6.07) is 5.44. The number of aryl methyl sites for hydroxylation is 1. The van der Waals surface area contributed by atoms with Crippen LogP contribution in [0.4, 0.5) is 0 Å². The Hall–Kier alpha value is -2.30. The fourth-order valence-electron chi connectivity index (χ4n) is 1.73. The highest BCUT2D eigenvalue weighted by atomic mass is 16.5. The van der Waals surface area contributed by atoms with Crippen LogP contribution < -0.4 is 4.74 Å². The van der Waals surface area contributed by atoms with Crippen molar-refractivity contribution < 1.29 is 23.5 Å². The van der Waals surface area contributed by atoms with E-state index < -0.39 is 5.97 Å². The maximum atomic E-state index is 11.7. The van der Waals surface area contributed by atoms with E-state index in [9.17, 15) is 9.59 Å². The fraction of sp³-hybridized carbons (Fsp3) is 0.286. The molecule has 0 aliphatic carbocycles. The summed E-state index contributed by atoms with van der Waals surface area (Å²) >= 11 is 0. The lowest BCUT2D eigenvalue weighted by atomic mass is 10.1. The van der Waals surface area contributed by atoms with Crippen LogP contribution in [-0.4, -0.2) is 25.5 Å². The maximum absolute atomic E-state index is 11.7. The van der Waals surface area contributed by atoms with Gasteiger partial charge in [0.15, 0.2) is 11.5 Å². The van der Waals surface area contributed by atoms with Gasteiger partial charge in [0.1, 0.15) is 12.2 Å². The Morgan fingerprint density at radius 2 is 2.05 bits per heavy atom. The van der Waals surface area contributed by atoms with Gasteiger partial charge in [-0.1, -0.05) is 11.6 Å². The Balaban J connectivity index is 2.56. The van der Waals surface area contributed by atoms with E-state index in [-0.39, 0.29) is 23.9 Å².